The summed E-state index contributed by atoms with van der Waals surface area (Å²) in [4.78, 5) is 14.4. The normalized spacial score (nSPS) is 25.2. The molecule has 0 bridgehead atoms. The molecule has 0 radical (unpaired) electrons. The second kappa shape index (κ2) is 4.90. The Hall–Kier alpha value is -1.32. The van der Waals surface area contributed by atoms with Crippen LogP contribution < -0.4 is 5.46 Å². The van der Waals surface area contributed by atoms with Gasteiger partial charge in [0.1, 0.15) is 5.82 Å². The van der Waals surface area contributed by atoms with Crippen LogP contribution in [0.5, 0.6) is 0 Å². The quantitative estimate of drug-likeness (QED) is 0.720. The van der Waals surface area contributed by atoms with E-state index < -0.39 is 0 Å². The number of likely N-dealkylation sites (tertiary alicyclic amines) is 1. The number of halogens is 1. The van der Waals surface area contributed by atoms with Crippen molar-refractivity contribution in [1.29, 1.82) is 0 Å². The number of hydrogen-bond acceptors (Lipinski definition) is 1. The molecule has 106 valence electrons. The highest BCUT2D eigenvalue weighted by Gasteiger charge is 2.33. The van der Waals surface area contributed by atoms with Gasteiger partial charge in [-0.2, -0.15) is 0 Å². The summed E-state index contributed by atoms with van der Waals surface area (Å²) in [6, 6.07) is 3.63. The molecular weight excluding hydrogens is 252 g/mol. The minimum absolute atomic E-state index is 0.138. The molecule has 1 fully saturated rings. The number of carbonyl (C=O) groups excluding carboxylic acids is 1. The van der Waals surface area contributed by atoms with Gasteiger partial charge >= 0.3 is 0 Å². The Balaban J connectivity index is 1.92. The van der Waals surface area contributed by atoms with Crippen LogP contribution in [0.15, 0.2) is 12.1 Å². The van der Waals surface area contributed by atoms with Crippen molar-refractivity contribution in [3.05, 3.63) is 29.1 Å². The molecule has 2 aliphatic heterocycles. The summed E-state index contributed by atoms with van der Waals surface area (Å²) < 4.78 is 14.7. The Bertz CT molecular complexity index is 550. The second-order valence-electron chi connectivity index (χ2n) is 6.60. The highest BCUT2D eigenvalue weighted by atomic mass is 19.1. The van der Waals surface area contributed by atoms with Crippen molar-refractivity contribution < 1.29 is 9.18 Å². The van der Waals surface area contributed by atoms with Gasteiger partial charge in [0, 0.05) is 13.1 Å². The zero-order valence-corrected chi connectivity index (χ0v) is 12.4. The average Bonchev–Trinajstić information content (AvgIpc) is 2.94. The summed E-state index contributed by atoms with van der Waals surface area (Å²) in [5.74, 6) is 0.580. The SMILES string of the molecule is CB1CCc2ccc(C(=O)N3CC(C)C(C)C3)c(F)c21. The molecule has 1 aromatic rings. The first-order chi connectivity index (χ1) is 9.49. The molecule has 0 spiro atoms. The van der Waals surface area contributed by atoms with E-state index in [-0.39, 0.29) is 24.0 Å². The summed E-state index contributed by atoms with van der Waals surface area (Å²) in [5, 5.41) is 0. The number of fused-ring (bicyclic) bond motifs is 1. The lowest BCUT2D eigenvalue weighted by Gasteiger charge is -2.18. The number of benzene rings is 1. The summed E-state index contributed by atoms with van der Waals surface area (Å²) in [6.45, 7) is 8.06. The van der Waals surface area contributed by atoms with Crippen molar-refractivity contribution in [2.45, 2.75) is 33.4 Å². The van der Waals surface area contributed by atoms with Crippen molar-refractivity contribution in [2.75, 3.05) is 13.1 Å². The standard InChI is InChI=1S/C16H21BFNO/c1-10-8-19(9-11(10)2)16(20)13-5-4-12-6-7-17(3)14(12)15(13)18/h4-5,10-11H,6-9H2,1-3H3. The predicted octanol–water partition coefficient (Wildman–Crippen LogP) is 2.44. The first-order valence-corrected chi connectivity index (χ1v) is 7.59. The highest BCUT2D eigenvalue weighted by molar-refractivity contribution is 6.73. The third-order valence-corrected chi connectivity index (χ3v) is 5.12. The van der Waals surface area contributed by atoms with E-state index >= 15 is 0 Å². The minimum Gasteiger partial charge on any atom is -0.338 e. The first-order valence-electron chi connectivity index (χ1n) is 7.59. The van der Waals surface area contributed by atoms with Gasteiger partial charge in [-0.3, -0.25) is 4.79 Å². The van der Waals surface area contributed by atoms with Crippen molar-refractivity contribution >= 4 is 18.1 Å². The van der Waals surface area contributed by atoms with Crippen molar-refractivity contribution in [2.24, 2.45) is 11.8 Å². The van der Waals surface area contributed by atoms with Crippen LogP contribution in [-0.4, -0.2) is 30.6 Å². The van der Waals surface area contributed by atoms with E-state index in [2.05, 4.69) is 13.8 Å². The lowest BCUT2D eigenvalue weighted by Crippen LogP contribution is -2.33. The molecule has 1 aromatic carbocycles. The third kappa shape index (κ3) is 2.06. The molecule has 4 heteroatoms. The fourth-order valence-electron chi connectivity index (χ4n) is 3.53. The maximum Gasteiger partial charge on any atom is 0.256 e. The van der Waals surface area contributed by atoms with E-state index in [1.807, 2.05) is 12.9 Å². The lowest BCUT2D eigenvalue weighted by atomic mass is 9.47. The molecule has 20 heavy (non-hydrogen) atoms. The maximum absolute atomic E-state index is 14.7. The molecule has 0 saturated carbocycles. The number of carbonyl (C=O) groups is 1. The van der Waals surface area contributed by atoms with Crippen LogP contribution in [0.3, 0.4) is 0 Å². The molecule has 2 heterocycles. The monoisotopic (exact) mass is 273 g/mol. The van der Waals surface area contributed by atoms with E-state index in [1.165, 1.54) is 0 Å². The zero-order chi connectivity index (χ0) is 14.4. The Labute approximate surface area is 120 Å². The van der Waals surface area contributed by atoms with E-state index in [9.17, 15) is 9.18 Å². The summed E-state index contributed by atoms with van der Waals surface area (Å²) >= 11 is 0. The van der Waals surface area contributed by atoms with Crippen molar-refractivity contribution in [3.8, 4) is 0 Å². The van der Waals surface area contributed by atoms with Crippen LogP contribution in [0.2, 0.25) is 13.1 Å². The summed E-state index contributed by atoms with van der Waals surface area (Å²) in [6.07, 6.45) is 1.92. The minimum atomic E-state index is -0.273. The largest absolute Gasteiger partial charge is 0.338 e. The Morgan fingerprint density at radius 1 is 1.30 bits per heavy atom. The number of aryl methyl sites for hydroxylation is 1. The Morgan fingerprint density at radius 2 is 1.95 bits per heavy atom. The molecule has 1 saturated heterocycles. The smallest absolute Gasteiger partial charge is 0.256 e. The fourth-order valence-corrected chi connectivity index (χ4v) is 3.53. The van der Waals surface area contributed by atoms with Gasteiger partial charge in [-0.1, -0.05) is 38.6 Å². The van der Waals surface area contributed by atoms with E-state index in [4.69, 9.17) is 0 Å². The van der Waals surface area contributed by atoms with E-state index in [0.717, 1.165) is 36.9 Å². The first kappa shape index (κ1) is 13.7. The van der Waals surface area contributed by atoms with Gasteiger partial charge in [-0.15, -0.1) is 0 Å². The van der Waals surface area contributed by atoms with Crippen LogP contribution >= 0.6 is 0 Å². The highest BCUT2D eigenvalue weighted by Crippen LogP contribution is 2.25. The van der Waals surface area contributed by atoms with Gasteiger partial charge in [-0.05, 0) is 29.8 Å². The zero-order valence-electron chi connectivity index (χ0n) is 12.4. The van der Waals surface area contributed by atoms with Crippen molar-refractivity contribution in [1.82, 2.24) is 4.90 Å². The summed E-state index contributed by atoms with van der Waals surface area (Å²) in [7, 11) is 0. The second-order valence-corrected chi connectivity index (χ2v) is 6.60. The average molecular weight is 273 g/mol. The van der Waals surface area contributed by atoms with Gasteiger partial charge in [0.25, 0.3) is 5.91 Å². The van der Waals surface area contributed by atoms with Gasteiger partial charge in [-0.25, -0.2) is 4.39 Å². The predicted molar refractivity (Wildman–Crippen MR) is 80.4 cm³/mol. The lowest BCUT2D eigenvalue weighted by molar-refractivity contribution is 0.0780. The van der Waals surface area contributed by atoms with Crippen LogP contribution in [0.25, 0.3) is 0 Å². The third-order valence-electron chi connectivity index (χ3n) is 5.12. The Kier molecular flexibility index (Phi) is 3.35. The van der Waals surface area contributed by atoms with Crippen molar-refractivity contribution in [3.63, 3.8) is 0 Å². The molecule has 0 N–H and O–H groups in total. The maximum atomic E-state index is 14.7. The van der Waals surface area contributed by atoms with Gasteiger partial charge < -0.3 is 4.90 Å². The summed E-state index contributed by atoms with van der Waals surface area (Å²) in [5.41, 5.74) is 2.12. The molecule has 2 nitrogen and oxygen atoms in total. The van der Waals surface area contributed by atoms with E-state index in [1.54, 1.807) is 11.0 Å². The number of amides is 1. The Morgan fingerprint density at radius 3 is 2.60 bits per heavy atom. The van der Waals surface area contributed by atoms with Gasteiger partial charge in [0.2, 0.25) is 0 Å². The van der Waals surface area contributed by atoms with Gasteiger partial charge in [0.05, 0.1) is 5.56 Å². The molecular formula is C16H21BFNO. The van der Waals surface area contributed by atoms with Crippen LogP contribution in [0.1, 0.15) is 29.8 Å². The number of nitrogens with zero attached hydrogens (tertiary/aromatic N) is 1. The molecule has 2 unspecified atom stereocenters. The van der Waals surface area contributed by atoms with Crippen LogP contribution in [-0.2, 0) is 6.42 Å². The molecule has 2 atom stereocenters. The molecule has 2 aliphatic rings. The van der Waals surface area contributed by atoms with Crippen LogP contribution in [0.4, 0.5) is 4.39 Å². The number of hydrogen-bond donors (Lipinski definition) is 0. The molecule has 1 amide bonds. The van der Waals surface area contributed by atoms with Crippen LogP contribution in [0, 0.1) is 17.7 Å². The fraction of sp³-hybridized carbons (Fsp3) is 0.562. The molecule has 0 aromatic heterocycles. The van der Waals surface area contributed by atoms with Gasteiger partial charge in [0.15, 0.2) is 6.71 Å². The molecule has 0 aliphatic carbocycles. The van der Waals surface area contributed by atoms with E-state index in [0.29, 0.717) is 11.8 Å². The number of rotatable bonds is 1. The topological polar surface area (TPSA) is 20.3 Å². The molecule has 3 rings (SSSR count).